The molecule has 1 heterocycles. The topological polar surface area (TPSA) is 42.0 Å². The van der Waals surface area contributed by atoms with Crippen LogP contribution in [0.2, 0.25) is 10.0 Å². The molecule has 0 aliphatic heterocycles. The van der Waals surface area contributed by atoms with Gasteiger partial charge in [-0.2, -0.15) is 0 Å². The molecule has 0 spiro atoms. The number of carbonyl (C=O) groups is 1. The summed E-state index contributed by atoms with van der Waals surface area (Å²) in [5, 5.41) is 3.81. The van der Waals surface area contributed by atoms with Crippen molar-refractivity contribution in [2.45, 2.75) is 6.54 Å². The SMILES string of the molecule is O=C(/C=C/c1ccc(Cl)cc1Cl)NCc1ccccn1. The van der Waals surface area contributed by atoms with Gasteiger partial charge in [0.15, 0.2) is 0 Å². The number of hydrogen-bond acceptors (Lipinski definition) is 2. The Morgan fingerprint density at radius 1 is 1.25 bits per heavy atom. The van der Waals surface area contributed by atoms with Crippen LogP contribution in [0.1, 0.15) is 11.3 Å². The lowest BCUT2D eigenvalue weighted by molar-refractivity contribution is -0.116. The Bertz CT molecular complexity index is 627. The molecule has 0 bridgehead atoms. The monoisotopic (exact) mass is 306 g/mol. The van der Waals surface area contributed by atoms with Crippen LogP contribution in [0.4, 0.5) is 0 Å². The smallest absolute Gasteiger partial charge is 0.244 e. The van der Waals surface area contributed by atoms with Gasteiger partial charge in [-0.05, 0) is 35.9 Å². The number of hydrogen-bond donors (Lipinski definition) is 1. The molecule has 1 N–H and O–H groups in total. The molecule has 2 rings (SSSR count). The average molecular weight is 307 g/mol. The Kier molecular flexibility index (Phi) is 5.16. The van der Waals surface area contributed by atoms with Gasteiger partial charge in [0.05, 0.1) is 12.2 Å². The third-order valence-corrected chi connectivity index (χ3v) is 3.11. The predicted molar refractivity (Wildman–Crippen MR) is 81.6 cm³/mol. The number of benzene rings is 1. The molecule has 0 atom stereocenters. The number of nitrogens with zero attached hydrogens (tertiary/aromatic N) is 1. The molecule has 0 fully saturated rings. The van der Waals surface area contributed by atoms with E-state index in [1.54, 1.807) is 30.5 Å². The molecular formula is C15H12Cl2N2O. The van der Waals surface area contributed by atoms with Gasteiger partial charge >= 0.3 is 0 Å². The summed E-state index contributed by atoms with van der Waals surface area (Å²) in [5.41, 5.74) is 1.54. The van der Waals surface area contributed by atoms with Gasteiger partial charge in [0, 0.05) is 22.3 Å². The zero-order valence-electron chi connectivity index (χ0n) is 10.5. The highest BCUT2D eigenvalue weighted by molar-refractivity contribution is 6.35. The van der Waals surface area contributed by atoms with Crippen molar-refractivity contribution in [3.05, 3.63) is 70.0 Å². The Labute approximate surface area is 127 Å². The summed E-state index contributed by atoms with van der Waals surface area (Å²) in [7, 11) is 0. The van der Waals surface area contributed by atoms with E-state index in [9.17, 15) is 4.79 Å². The molecular weight excluding hydrogens is 295 g/mol. The lowest BCUT2D eigenvalue weighted by Crippen LogP contribution is -2.20. The Morgan fingerprint density at radius 2 is 2.10 bits per heavy atom. The van der Waals surface area contributed by atoms with E-state index in [-0.39, 0.29) is 5.91 Å². The van der Waals surface area contributed by atoms with E-state index >= 15 is 0 Å². The van der Waals surface area contributed by atoms with Crippen molar-refractivity contribution >= 4 is 35.2 Å². The molecule has 0 saturated carbocycles. The summed E-state index contributed by atoms with van der Waals surface area (Å²) in [6.07, 6.45) is 4.76. The first-order valence-electron chi connectivity index (χ1n) is 5.96. The second-order valence-electron chi connectivity index (χ2n) is 4.04. The van der Waals surface area contributed by atoms with Gasteiger partial charge in [-0.1, -0.05) is 35.3 Å². The zero-order valence-corrected chi connectivity index (χ0v) is 12.0. The Hall–Kier alpha value is -1.84. The van der Waals surface area contributed by atoms with E-state index in [1.807, 2.05) is 18.2 Å². The number of halogens is 2. The maximum atomic E-state index is 11.7. The maximum absolute atomic E-state index is 11.7. The fourth-order valence-corrected chi connectivity index (χ4v) is 2.01. The lowest BCUT2D eigenvalue weighted by Gasteiger charge is -2.01. The number of pyridine rings is 1. The van der Waals surface area contributed by atoms with Crippen LogP contribution in [0.25, 0.3) is 6.08 Å². The standard InChI is InChI=1S/C15H12Cl2N2O/c16-12-6-4-11(14(17)9-12)5-7-15(20)19-10-13-3-1-2-8-18-13/h1-9H,10H2,(H,19,20)/b7-5+. The van der Waals surface area contributed by atoms with Crippen LogP contribution in [0.3, 0.4) is 0 Å². The minimum absolute atomic E-state index is 0.207. The van der Waals surface area contributed by atoms with Gasteiger partial charge in [0.25, 0.3) is 0 Å². The lowest BCUT2D eigenvalue weighted by atomic mass is 10.2. The molecule has 5 heteroatoms. The van der Waals surface area contributed by atoms with Gasteiger partial charge in [-0.15, -0.1) is 0 Å². The maximum Gasteiger partial charge on any atom is 0.244 e. The van der Waals surface area contributed by atoms with E-state index in [1.165, 1.54) is 6.08 Å². The van der Waals surface area contributed by atoms with Crippen molar-refractivity contribution in [1.82, 2.24) is 10.3 Å². The summed E-state index contributed by atoms with van der Waals surface area (Å²) < 4.78 is 0. The molecule has 0 saturated heterocycles. The largest absolute Gasteiger partial charge is 0.347 e. The zero-order chi connectivity index (χ0) is 14.4. The van der Waals surface area contributed by atoms with Crippen molar-refractivity contribution < 1.29 is 4.79 Å². The minimum atomic E-state index is -0.207. The van der Waals surface area contributed by atoms with Crippen LogP contribution in [0.15, 0.2) is 48.7 Å². The summed E-state index contributed by atoms with van der Waals surface area (Å²) in [6.45, 7) is 0.387. The third-order valence-electron chi connectivity index (χ3n) is 2.55. The van der Waals surface area contributed by atoms with Gasteiger partial charge in [0.2, 0.25) is 5.91 Å². The number of amides is 1. The van der Waals surface area contributed by atoms with Crippen LogP contribution < -0.4 is 5.32 Å². The Morgan fingerprint density at radius 3 is 2.80 bits per heavy atom. The van der Waals surface area contributed by atoms with Gasteiger partial charge in [-0.25, -0.2) is 0 Å². The van der Waals surface area contributed by atoms with Crippen molar-refractivity contribution in [3.63, 3.8) is 0 Å². The summed E-state index contributed by atoms with van der Waals surface area (Å²) in [5.74, 6) is -0.207. The predicted octanol–water partition coefficient (Wildman–Crippen LogP) is 3.72. The van der Waals surface area contributed by atoms with E-state index in [2.05, 4.69) is 10.3 Å². The van der Waals surface area contributed by atoms with Crippen LogP contribution >= 0.6 is 23.2 Å². The van der Waals surface area contributed by atoms with Gasteiger partial charge in [-0.3, -0.25) is 9.78 Å². The summed E-state index contributed by atoms with van der Waals surface area (Å²) in [4.78, 5) is 15.8. The molecule has 0 radical (unpaired) electrons. The molecule has 102 valence electrons. The second-order valence-corrected chi connectivity index (χ2v) is 4.88. The molecule has 1 aromatic carbocycles. The average Bonchev–Trinajstić information content (AvgIpc) is 2.45. The minimum Gasteiger partial charge on any atom is -0.347 e. The second kappa shape index (κ2) is 7.08. The quantitative estimate of drug-likeness (QED) is 0.875. The van der Waals surface area contributed by atoms with Crippen LogP contribution in [0.5, 0.6) is 0 Å². The van der Waals surface area contributed by atoms with Crippen LogP contribution in [0, 0.1) is 0 Å². The molecule has 1 amide bonds. The molecule has 0 aliphatic rings. The third kappa shape index (κ3) is 4.37. The molecule has 3 nitrogen and oxygen atoms in total. The van der Waals surface area contributed by atoms with E-state index < -0.39 is 0 Å². The van der Waals surface area contributed by atoms with E-state index in [0.717, 1.165) is 11.3 Å². The first-order chi connectivity index (χ1) is 9.65. The normalized spacial score (nSPS) is 10.7. The first-order valence-corrected chi connectivity index (χ1v) is 6.71. The highest BCUT2D eigenvalue weighted by Gasteiger charge is 2.00. The number of aromatic nitrogens is 1. The Balaban J connectivity index is 1.92. The number of nitrogens with one attached hydrogen (secondary N) is 1. The van der Waals surface area contributed by atoms with Crippen molar-refractivity contribution in [2.75, 3.05) is 0 Å². The van der Waals surface area contributed by atoms with Crippen molar-refractivity contribution in [3.8, 4) is 0 Å². The van der Waals surface area contributed by atoms with Gasteiger partial charge < -0.3 is 5.32 Å². The number of carbonyl (C=O) groups excluding carboxylic acids is 1. The first kappa shape index (κ1) is 14.6. The highest BCUT2D eigenvalue weighted by atomic mass is 35.5. The number of rotatable bonds is 4. The van der Waals surface area contributed by atoms with Crippen LogP contribution in [-0.2, 0) is 11.3 Å². The van der Waals surface area contributed by atoms with Crippen molar-refractivity contribution in [2.24, 2.45) is 0 Å². The molecule has 2 aromatic rings. The molecule has 0 unspecified atom stereocenters. The molecule has 1 aromatic heterocycles. The summed E-state index contributed by atoms with van der Waals surface area (Å²) >= 11 is 11.8. The molecule has 20 heavy (non-hydrogen) atoms. The van der Waals surface area contributed by atoms with Crippen molar-refractivity contribution in [1.29, 1.82) is 0 Å². The fourth-order valence-electron chi connectivity index (χ4n) is 1.54. The van der Waals surface area contributed by atoms with E-state index in [4.69, 9.17) is 23.2 Å². The van der Waals surface area contributed by atoms with E-state index in [0.29, 0.717) is 16.6 Å². The fraction of sp³-hybridized carbons (Fsp3) is 0.0667. The van der Waals surface area contributed by atoms with Gasteiger partial charge in [0.1, 0.15) is 0 Å². The highest BCUT2D eigenvalue weighted by Crippen LogP contribution is 2.21. The molecule has 0 aliphatic carbocycles. The summed E-state index contributed by atoms with van der Waals surface area (Å²) in [6, 6.07) is 10.7. The van der Waals surface area contributed by atoms with Crippen LogP contribution in [-0.4, -0.2) is 10.9 Å².